The fourth-order valence-electron chi connectivity index (χ4n) is 2.05. The summed E-state index contributed by atoms with van der Waals surface area (Å²) in [5.74, 6) is 0.630. The van der Waals surface area contributed by atoms with Crippen molar-refractivity contribution in [2.24, 2.45) is 0 Å². The van der Waals surface area contributed by atoms with Crippen LogP contribution in [-0.2, 0) is 11.2 Å². The molecule has 0 aliphatic carbocycles. The number of nitrogens with one attached hydrogen (secondary N) is 1. The maximum absolute atomic E-state index is 11.2. The van der Waals surface area contributed by atoms with Crippen LogP contribution in [0.1, 0.15) is 36.5 Å². The molecule has 1 aromatic rings. The number of hydrogen-bond donors (Lipinski definition) is 2. The van der Waals surface area contributed by atoms with Gasteiger partial charge in [0.15, 0.2) is 0 Å². The Hall–Kier alpha value is -1.06. The van der Waals surface area contributed by atoms with Gasteiger partial charge in [-0.1, -0.05) is 12.1 Å². The van der Waals surface area contributed by atoms with E-state index in [0.29, 0.717) is 18.7 Å². The molecular formula is C13H16ClNO2. The van der Waals surface area contributed by atoms with Crippen molar-refractivity contribution in [3.63, 3.8) is 0 Å². The number of anilines is 1. The highest BCUT2D eigenvalue weighted by Crippen LogP contribution is 2.27. The third-order valence-corrected chi connectivity index (χ3v) is 3.29. The normalized spacial score (nSPS) is 16.2. The molecule has 0 radical (unpaired) electrons. The molecule has 1 aliphatic rings. The third-order valence-electron chi connectivity index (χ3n) is 3.02. The van der Waals surface area contributed by atoms with Gasteiger partial charge in [-0.15, -0.1) is 11.6 Å². The highest BCUT2D eigenvalue weighted by Gasteiger charge is 2.16. The van der Waals surface area contributed by atoms with E-state index >= 15 is 0 Å². The Morgan fingerprint density at radius 2 is 2.24 bits per heavy atom. The molecule has 1 heterocycles. The summed E-state index contributed by atoms with van der Waals surface area (Å²) < 4.78 is 0. The van der Waals surface area contributed by atoms with Gasteiger partial charge in [0.25, 0.3) is 0 Å². The van der Waals surface area contributed by atoms with Crippen molar-refractivity contribution < 1.29 is 9.90 Å². The minimum Gasteiger partial charge on any atom is -0.388 e. The van der Waals surface area contributed by atoms with E-state index < -0.39 is 6.10 Å². The summed E-state index contributed by atoms with van der Waals surface area (Å²) in [6.45, 7) is 0. The molecule has 2 N–H and O–H groups in total. The fourth-order valence-corrected chi connectivity index (χ4v) is 2.20. The van der Waals surface area contributed by atoms with Gasteiger partial charge in [-0.05, 0) is 36.5 Å². The van der Waals surface area contributed by atoms with Crippen LogP contribution < -0.4 is 5.32 Å². The smallest absolute Gasteiger partial charge is 0.224 e. The number of hydrogen-bond acceptors (Lipinski definition) is 2. The van der Waals surface area contributed by atoms with Crippen LogP contribution in [0, 0.1) is 0 Å². The quantitative estimate of drug-likeness (QED) is 0.811. The zero-order valence-electron chi connectivity index (χ0n) is 9.58. The molecule has 1 atom stereocenters. The van der Waals surface area contributed by atoms with E-state index in [1.165, 1.54) is 0 Å². The van der Waals surface area contributed by atoms with Crippen LogP contribution in [0.2, 0.25) is 0 Å². The predicted octanol–water partition coefficient (Wildman–Crippen LogP) is 2.62. The Balaban J connectivity index is 2.13. The first-order chi connectivity index (χ1) is 8.20. The molecule has 92 valence electrons. The Bertz CT molecular complexity index is 420. The summed E-state index contributed by atoms with van der Waals surface area (Å²) in [5.41, 5.74) is 2.88. The summed E-state index contributed by atoms with van der Waals surface area (Å²) >= 11 is 5.61. The molecule has 0 saturated heterocycles. The van der Waals surface area contributed by atoms with Crippen LogP contribution in [0.25, 0.3) is 0 Å². The Kier molecular flexibility index (Phi) is 4.02. The lowest BCUT2D eigenvalue weighted by Crippen LogP contribution is -2.19. The van der Waals surface area contributed by atoms with Gasteiger partial charge >= 0.3 is 0 Å². The van der Waals surface area contributed by atoms with E-state index in [0.717, 1.165) is 29.7 Å². The average Bonchev–Trinajstić information content (AvgIpc) is 2.35. The number of rotatable bonds is 4. The summed E-state index contributed by atoms with van der Waals surface area (Å²) in [4.78, 5) is 11.2. The van der Waals surface area contributed by atoms with Crippen LogP contribution >= 0.6 is 11.6 Å². The monoisotopic (exact) mass is 253 g/mol. The Labute approximate surface area is 106 Å². The maximum atomic E-state index is 11.2. The van der Waals surface area contributed by atoms with Gasteiger partial charge in [0.05, 0.1) is 6.10 Å². The number of aryl methyl sites for hydroxylation is 1. The lowest BCUT2D eigenvalue weighted by molar-refractivity contribution is -0.116. The van der Waals surface area contributed by atoms with Crippen molar-refractivity contribution in [3.05, 3.63) is 29.3 Å². The zero-order chi connectivity index (χ0) is 12.3. The van der Waals surface area contributed by atoms with Crippen molar-refractivity contribution in [2.45, 2.75) is 31.8 Å². The van der Waals surface area contributed by atoms with Gasteiger partial charge in [0.2, 0.25) is 5.91 Å². The summed E-state index contributed by atoms with van der Waals surface area (Å²) in [6.07, 6.45) is 2.29. The van der Waals surface area contributed by atoms with Gasteiger partial charge in [-0.25, -0.2) is 0 Å². The average molecular weight is 254 g/mol. The first-order valence-electron chi connectivity index (χ1n) is 5.87. The lowest BCUT2D eigenvalue weighted by Gasteiger charge is -2.19. The number of aliphatic hydroxyl groups is 1. The van der Waals surface area contributed by atoms with Crippen LogP contribution in [-0.4, -0.2) is 16.9 Å². The topological polar surface area (TPSA) is 49.3 Å². The van der Waals surface area contributed by atoms with Crippen LogP contribution in [0.4, 0.5) is 5.69 Å². The largest absolute Gasteiger partial charge is 0.388 e. The number of aliphatic hydroxyl groups excluding tert-OH is 1. The molecule has 3 nitrogen and oxygen atoms in total. The number of halogens is 1. The van der Waals surface area contributed by atoms with Gasteiger partial charge in [-0.2, -0.15) is 0 Å². The molecular weight excluding hydrogens is 238 g/mol. The number of alkyl halides is 1. The molecule has 17 heavy (non-hydrogen) atoms. The summed E-state index contributed by atoms with van der Waals surface area (Å²) in [7, 11) is 0. The number of benzene rings is 1. The highest BCUT2D eigenvalue weighted by atomic mass is 35.5. The van der Waals surface area contributed by atoms with Crippen LogP contribution in [0.15, 0.2) is 18.2 Å². The second-order valence-electron chi connectivity index (χ2n) is 4.31. The fraction of sp³-hybridized carbons (Fsp3) is 0.462. The SMILES string of the molecule is O=C1CCc2cc(C(O)CCCCl)ccc2N1. The molecule has 0 spiro atoms. The number of carbonyl (C=O) groups is 1. The molecule has 0 aromatic heterocycles. The van der Waals surface area contributed by atoms with E-state index in [2.05, 4.69) is 5.32 Å². The highest BCUT2D eigenvalue weighted by molar-refractivity contribution is 6.17. The van der Waals surface area contributed by atoms with E-state index in [9.17, 15) is 9.90 Å². The van der Waals surface area contributed by atoms with E-state index in [-0.39, 0.29) is 5.91 Å². The van der Waals surface area contributed by atoms with Gasteiger partial charge < -0.3 is 10.4 Å². The third kappa shape index (κ3) is 2.99. The van der Waals surface area contributed by atoms with Crippen molar-refractivity contribution >= 4 is 23.2 Å². The molecule has 4 heteroatoms. The summed E-state index contributed by atoms with van der Waals surface area (Å²) in [5, 5.41) is 12.8. The van der Waals surface area contributed by atoms with Crippen molar-refractivity contribution in [2.75, 3.05) is 11.2 Å². The van der Waals surface area contributed by atoms with Crippen molar-refractivity contribution in [1.29, 1.82) is 0 Å². The Morgan fingerprint density at radius 1 is 1.41 bits per heavy atom. The molecule has 1 unspecified atom stereocenters. The second kappa shape index (κ2) is 5.52. The van der Waals surface area contributed by atoms with E-state index in [4.69, 9.17) is 11.6 Å². The molecule has 1 aliphatic heterocycles. The van der Waals surface area contributed by atoms with Crippen LogP contribution in [0.5, 0.6) is 0 Å². The first kappa shape index (κ1) is 12.4. The maximum Gasteiger partial charge on any atom is 0.224 e. The first-order valence-corrected chi connectivity index (χ1v) is 6.41. The van der Waals surface area contributed by atoms with Gasteiger partial charge in [-0.3, -0.25) is 4.79 Å². The molecule has 0 saturated carbocycles. The van der Waals surface area contributed by atoms with Crippen LogP contribution in [0.3, 0.4) is 0 Å². The molecule has 0 fully saturated rings. The number of carbonyl (C=O) groups excluding carboxylic acids is 1. The van der Waals surface area contributed by atoms with E-state index in [1.54, 1.807) is 0 Å². The zero-order valence-corrected chi connectivity index (χ0v) is 10.3. The molecule has 2 rings (SSSR count). The lowest BCUT2D eigenvalue weighted by atomic mass is 9.97. The van der Waals surface area contributed by atoms with Crippen molar-refractivity contribution in [1.82, 2.24) is 0 Å². The predicted molar refractivity (Wildman–Crippen MR) is 68.3 cm³/mol. The van der Waals surface area contributed by atoms with Gasteiger partial charge in [0, 0.05) is 18.0 Å². The van der Waals surface area contributed by atoms with E-state index in [1.807, 2.05) is 18.2 Å². The standard InChI is InChI=1S/C13H16ClNO2/c14-7-1-2-12(16)10-3-5-11-9(8-10)4-6-13(17)15-11/h3,5,8,12,16H,1-2,4,6-7H2,(H,15,17). The second-order valence-corrected chi connectivity index (χ2v) is 4.69. The minimum absolute atomic E-state index is 0.0629. The van der Waals surface area contributed by atoms with Gasteiger partial charge in [0.1, 0.15) is 0 Å². The number of fused-ring (bicyclic) bond motifs is 1. The molecule has 0 bridgehead atoms. The number of amides is 1. The molecule has 1 aromatic carbocycles. The molecule has 1 amide bonds. The summed E-state index contributed by atoms with van der Waals surface area (Å²) in [6, 6.07) is 5.71. The minimum atomic E-state index is -0.461. The Morgan fingerprint density at radius 3 is 3.00 bits per heavy atom. The van der Waals surface area contributed by atoms with Crippen molar-refractivity contribution in [3.8, 4) is 0 Å².